The number of benzene rings is 2. The molecule has 2 aromatic carbocycles. The van der Waals surface area contributed by atoms with Gasteiger partial charge in [-0.05, 0) is 30.3 Å². The average Bonchev–Trinajstić information content (AvgIpc) is 2.46. The molecule has 2 rings (SSSR count). The fourth-order valence-electron chi connectivity index (χ4n) is 1.87. The van der Waals surface area contributed by atoms with Crippen molar-refractivity contribution in [3.63, 3.8) is 0 Å². The molecule has 0 aliphatic heterocycles. The third-order valence-corrected chi connectivity index (χ3v) is 2.81. The molecule has 2 aromatic rings. The summed E-state index contributed by atoms with van der Waals surface area (Å²) in [5.41, 5.74) is -0.271. The highest BCUT2D eigenvalue weighted by atomic mass is 19.1. The summed E-state index contributed by atoms with van der Waals surface area (Å²) in [5.74, 6) is -2.26. The van der Waals surface area contributed by atoms with E-state index in [-0.39, 0.29) is 16.7 Å². The molecular weight excluding hydrogens is 263 g/mol. The van der Waals surface area contributed by atoms with E-state index in [9.17, 15) is 14.0 Å². The zero-order chi connectivity index (χ0) is 14.7. The Morgan fingerprint density at radius 1 is 1.05 bits per heavy atom. The van der Waals surface area contributed by atoms with E-state index in [0.29, 0.717) is 5.75 Å². The van der Waals surface area contributed by atoms with Gasteiger partial charge in [0.15, 0.2) is 5.78 Å². The zero-order valence-corrected chi connectivity index (χ0v) is 10.6. The first-order valence-electron chi connectivity index (χ1n) is 5.75. The summed E-state index contributed by atoms with van der Waals surface area (Å²) in [6.45, 7) is 0. The van der Waals surface area contributed by atoms with Gasteiger partial charge in [0.25, 0.3) is 0 Å². The molecule has 4 nitrogen and oxygen atoms in total. The van der Waals surface area contributed by atoms with E-state index in [2.05, 4.69) is 0 Å². The van der Waals surface area contributed by atoms with Gasteiger partial charge in [0, 0.05) is 5.56 Å². The van der Waals surface area contributed by atoms with Crippen LogP contribution in [0.3, 0.4) is 0 Å². The number of carbonyl (C=O) groups is 2. The Morgan fingerprint density at radius 3 is 2.40 bits per heavy atom. The first kappa shape index (κ1) is 13.7. The molecule has 1 N–H and O–H groups in total. The summed E-state index contributed by atoms with van der Waals surface area (Å²) < 4.78 is 18.3. The number of carbonyl (C=O) groups excluding carboxylic acids is 1. The minimum atomic E-state index is -1.29. The van der Waals surface area contributed by atoms with Crippen LogP contribution in [0.4, 0.5) is 4.39 Å². The molecule has 0 fully saturated rings. The molecular formula is C15H11FO4. The molecule has 0 radical (unpaired) electrons. The molecule has 5 heteroatoms. The van der Waals surface area contributed by atoms with Gasteiger partial charge in [0.1, 0.15) is 11.6 Å². The minimum absolute atomic E-state index is 0.183. The van der Waals surface area contributed by atoms with Gasteiger partial charge in [0.05, 0.1) is 18.2 Å². The number of ether oxygens (including phenoxy) is 1. The maximum absolute atomic E-state index is 13.3. The van der Waals surface area contributed by atoms with Gasteiger partial charge in [-0.3, -0.25) is 4.79 Å². The first-order chi connectivity index (χ1) is 9.54. The number of carboxylic acids is 1. The van der Waals surface area contributed by atoms with E-state index >= 15 is 0 Å². The van der Waals surface area contributed by atoms with Gasteiger partial charge < -0.3 is 9.84 Å². The van der Waals surface area contributed by atoms with Crippen LogP contribution in [0.2, 0.25) is 0 Å². The Balaban J connectivity index is 2.59. The summed E-state index contributed by atoms with van der Waals surface area (Å²) in [6, 6.07) is 9.36. The number of hydrogen-bond acceptors (Lipinski definition) is 3. The lowest BCUT2D eigenvalue weighted by molar-refractivity contribution is 0.0692. The Bertz CT molecular complexity index is 679. The van der Waals surface area contributed by atoms with Crippen molar-refractivity contribution in [3.05, 3.63) is 65.0 Å². The van der Waals surface area contributed by atoms with Crippen molar-refractivity contribution in [2.24, 2.45) is 0 Å². The lowest BCUT2D eigenvalue weighted by atomic mass is 9.97. The predicted octanol–water partition coefficient (Wildman–Crippen LogP) is 2.76. The highest BCUT2D eigenvalue weighted by Crippen LogP contribution is 2.23. The van der Waals surface area contributed by atoms with Crippen LogP contribution in [0, 0.1) is 5.82 Å². The van der Waals surface area contributed by atoms with Crippen molar-refractivity contribution >= 4 is 11.8 Å². The van der Waals surface area contributed by atoms with E-state index in [1.807, 2.05) is 0 Å². The molecule has 0 bridgehead atoms. The molecule has 0 heterocycles. The smallest absolute Gasteiger partial charge is 0.336 e. The second-order valence-electron chi connectivity index (χ2n) is 4.02. The molecule has 0 saturated heterocycles. The van der Waals surface area contributed by atoms with Crippen LogP contribution in [0.1, 0.15) is 26.3 Å². The standard InChI is InChI=1S/C15H11FO4/c1-20-13-5-3-2-4-11(13)14(17)12-8-9(16)6-7-10(12)15(18)19/h2-8H,1H3,(H,18,19). The van der Waals surface area contributed by atoms with Crippen LogP contribution in [-0.2, 0) is 0 Å². The average molecular weight is 274 g/mol. The molecule has 0 aromatic heterocycles. The van der Waals surface area contributed by atoms with Crippen LogP contribution >= 0.6 is 0 Å². The largest absolute Gasteiger partial charge is 0.496 e. The molecule has 0 aliphatic carbocycles. The van der Waals surface area contributed by atoms with Crippen LogP contribution in [0.15, 0.2) is 42.5 Å². The molecule has 0 saturated carbocycles. The summed E-state index contributed by atoms with van der Waals surface area (Å²) >= 11 is 0. The molecule has 0 atom stereocenters. The van der Waals surface area contributed by atoms with Gasteiger partial charge in [-0.15, -0.1) is 0 Å². The highest BCUT2D eigenvalue weighted by molar-refractivity contribution is 6.15. The lowest BCUT2D eigenvalue weighted by Gasteiger charge is -2.09. The second-order valence-corrected chi connectivity index (χ2v) is 4.02. The Kier molecular flexibility index (Phi) is 3.79. The minimum Gasteiger partial charge on any atom is -0.496 e. The van der Waals surface area contributed by atoms with Crippen LogP contribution in [0.5, 0.6) is 5.75 Å². The lowest BCUT2D eigenvalue weighted by Crippen LogP contribution is -2.11. The third kappa shape index (κ3) is 2.51. The number of halogens is 1. The van der Waals surface area contributed by atoms with Crippen molar-refractivity contribution in [3.8, 4) is 5.75 Å². The van der Waals surface area contributed by atoms with Gasteiger partial charge in [-0.2, -0.15) is 0 Å². The van der Waals surface area contributed by atoms with E-state index in [0.717, 1.165) is 18.2 Å². The fourth-order valence-corrected chi connectivity index (χ4v) is 1.87. The number of rotatable bonds is 4. The van der Waals surface area contributed by atoms with Gasteiger partial charge in [-0.25, -0.2) is 9.18 Å². The van der Waals surface area contributed by atoms with Crippen molar-refractivity contribution in [1.82, 2.24) is 0 Å². The number of methoxy groups -OCH3 is 1. The van der Waals surface area contributed by atoms with E-state index in [1.54, 1.807) is 18.2 Å². The fraction of sp³-hybridized carbons (Fsp3) is 0.0667. The van der Waals surface area contributed by atoms with Crippen LogP contribution in [0.25, 0.3) is 0 Å². The van der Waals surface area contributed by atoms with Crippen LogP contribution < -0.4 is 4.74 Å². The maximum Gasteiger partial charge on any atom is 0.336 e. The van der Waals surface area contributed by atoms with Crippen molar-refractivity contribution < 1.29 is 23.8 Å². The van der Waals surface area contributed by atoms with Crippen molar-refractivity contribution in [1.29, 1.82) is 0 Å². The topological polar surface area (TPSA) is 63.6 Å². The van der Waals surface area contributed by atoms with Gasteiger partial charge >= 0.3 is 5.97 Å². The summed E-state index contributed by atoms with van der Waals surface area (Å²) in [6.07, 6.45) is 0. The van der Waals surface area contributed by atoms with Crippen molar-refractivity contribution in [2.45, 2.75) is 0 Å². The van der Waals surface area contributed by atoms with Crippen LogP contribution in [-0.4, -0.2) is 24.0 Å². The maximum atomic E-state index is 13.3. The quantitative estimate of drug-likeness (QED) is 0.871. The molecule has 0 aliphatic rings. The monoisotopic (exact) mass is 274 g/mol. The van der Waals surface area contributed by atoms with Gasteiger partial charge in [0.2, 0.25) is 0 Å². The number of carboxylic acid groups (broad SMARTS) is 1. The third-order valence-electron chi connectivity index (χ3n) is 2.81. The number of aromatic carboxylic acids is 1. The molecule has 20 heavy (non-hydrogen) atoms. The number of hydrogen-bond donors (Lipinski definition) is 1. The molecule has 102 valence electrons. The van der Waals surface area contributed by atoms with Gasteiger partial charge in [-0.1, -0.05) is 12.1 Å². The van der Waals surface area contributed by atoms with Crippen molar-refractivity contribution in [2.75, 3.05) is 7.11 Å². The first-order valence-corrected chi connectivity index (χ1v) is 5.75. The summed E-state index contributed by atoms with van der Waals surface area (Å²) in [5, 5.41) is 9.07. The predicted molar refractivity (Wildman–Crippen MR) is 69.8 cm³/mol. The SMILES string of the molecule is COc1ccccc1C(=O)c1cc(F)ccc1C(=O)O. The molecule has 0 spiro atoms. The normalized spacial score (nSPS) is 10.1. The number of para-hydroxylation sites is 1. The second kappa shape index (κ2) is 5.52. The zero-order valence-electron chi connectivity index (χ0n) is 10.6. The Morgan fingerprint density at radius 2 is 1.75 bits per heavy atom. The van der Waals surface area contributed by atoms with E-state index < -0.39 is 17.6 Å². The molecule has 0 amide bonds. The van der Waals surface area contributed by atoms with E-state index in [1.165, 1.54) is 13.2 Å². The summed E-state index contributed by atoms with van der Waals surface area (Å²) in [4.78, 5) is 23.5. The molecule has 0 unspecified atom stereocenters. The Hall–Kier alpha value is -2.69. The Labute approximate surface area is 114 Å². The summed E-state index contributed by atoms with van der Waals surface area (Å²) in [7, 11) is 1.40. The van der Waals surface area contributed by atoms with E-state index in [4.69, 9.17) is 9.84 Å². The highest BCUT2D eigenvalue weighted by Gasteiger charge is 2.21. The number of ketones is 1.